The predicted octanol–water partition coefficient (Wildman–Crippen LogP) is -1.41. The van der Waals surface area contributed by atoms with E-state index in [4.69, 9.17) is 0 Å². The number of hydrogen-bond acceptors (Lipinski definition) is 15. The van der Waals surface area contributed by atoms with Crippen LogP contribution in [0.25, 0.3) is 0 Å². The average Bonchev–Trinajstić information content (AvgIpc) is 3.63. The lowest BCUT2D eigenvalue weighted by Gasteiger charge is -2.36. The minimum absolute atomic E-state index is 0.0611. The molecule has 4 aromatic rings. The molecule has 3 N–H and O–H groups in total. The van der Waals surface area contributed by atoms with Gasteiger partial charge in [-0.25, -0.2) is 28.4 Å². The van der Waals surface area contributed by atoms with Gasteiger partial charge in [-0.2, -0.15) is 13.2 Å². The van der Waals surface area contributed by atoms with E-state index in [0.717, 1.165) is 70.6 Å². The van der Waals surface area contributed by atoms with Crippen LogP contribution in [0.5, 0.6) is 0 Å². The minimum atomic E-state index is -4.41. The number of para-hydroxylation sites is 1. The number of nitrogens with one attached hydrogen (secondary N) is 3. The number of nitrogens with zero attached hydrogens (tertiary/aromatic N) is 12. The van der Waals surface area contributed by atoms with E-state index in [-0.39, 0.29) is 68.8 Å². The molecule has 0 radical (unpaired) electrons. The van der Waals surface area contributed by atoms with E-state index < -0.39 is 53.0 Å². The SMILES string of the molecule is CN(CCNc1nn(C)c(=O)n(CCn2nc(NCC3CCc4ccccc4N3C)c(=O)n(CCn3nc(NCC4CCCN4C)c(=O)n(C)c3=O)c2=O)c1=O)CC(F)(F)F. The number of anilines is 4. The van der Waals surface area contributed by atoms with Crippen molar-refractivity contribution < 1.29 is 13.2 Å². The highest BCUT2D eigenvalue weighted by Crippen LogP contribution is 2.29. The summed E-state index contributed by atoms with van der Waals surface area (Å²) in [6.07, 6.45) is -0.919. The molecule has 21 nitrogen and oxygen atoms in total. The number of likely N-dealkylation sites (N-methyl/N-ethyl adjacent to an activating group) is 3. The zero-order valence-corrected chi connectivity index (χ0v) is 34.8. The third-order valence-corrected chi connectivity index (χ3v) is 11.2. The first-order valence-corrected chi connectivity index (χ1v) is 20.0. The molecule has 1 fully saturated rings. The van der Waals surface area contributed by atoms with E-state index in [1.807, 2.05) is 32.3 Å². The standard InChI is InChI=1S/C37H52F3N15O6/c1-47(23-37(38,39)40)16-14-41-29-32(57)52(35(60)51(5)44-29)17-20-55-36(61)53(33(58)30(46-55)43-22-26-13-12-24-9-6-7-11-27(24)49(26)3)18-19-54-34(59)50(4)31(56)28(45-54)42-21-25-10-8-15-48(25)2/h6-7,9,11,25-26H,8,10,12-23H2,1-5H3,(H,41,44)(H,42,45)(H,43,46). The fourth-order valence-corrected chi connectivity index (χ4v) is 7.65. The molecule has 2 aliphatic rings. The second-order valence-corrected chi connectivity index (χ2v) is 15.5. The third-order valence-electron chi connectivity index (χ3n) is 11.2. The molecule has 6 rings (SSSR count). The molecular formula is C37H52F3N15O6. The summed E-state index contributed by atoms with van der Waals surface area (Å²) in [5.41, 5.74) is -2.59. The van der Waals surface area contributed by atoms with Gasteiger partial charge in [0, 0.05) is 65.1 Å². The molecule has 2 atom stereocenters. The Morgan fingerprint density at radius 1 is 0.721 bits per heavy atom. The third kappa shape index (κ3) is 10.3. The van der Waals surface area contributed by atoms with Crippen molar-refractivity contribution in [3.05, 3.63) is 92.3 Å². The zero-order chi connectivity index (χ0) is 44.2. The summed E-state index contributed by atoms with van der Waals surface area (Å²) in [7, 11) is 7.79. The zero-order valence-electron chi connectivity index (χ0n) is 34.8. The quantitative estimate of drug-likeness (QED) is 0.111. The lowest BCUT2D eigenvalue weighted by atomic mass is 9.96. The summed E-state index contributed by atoms with van der Waals surface area (Å²) < 4.78 is 43.7. The minimum Gasteiger partial charge on any atom is -0.370 e. The number of aryl methyl sites for hydroxylation is 4. The van der Waals surface area contributed by atoms with Crippen molar-refractivity contribution >= 4 is 23.1 Å². The topological polar surface area (TPSA) is 216 Å². The molecule has 2 unspecified atom stereocenters. The summed E-state index contributed by atoms with van der Waals surface area (Å²) in [4.78, 5) is 86.0. The van der Waals surface area contributed by atoms with Gasteiger partial charge in [-0.05, 0) is 58.0 Å². The van der Waals surface area contributed by atoms with Crippen LogP contribution in [0.2, 0.25) is 0 Å². The maximum absolute atomic E-state index is 14.0. The van der Waals surface area contributed by atoms with Crippen molar-refractivity contribution in [3.8, 4) is 0 Å². The first-order valence-electron chi connectivity index (χ1n) is 20.0. The highest BCUT2D eigenvalue weighted by molar-refractivity contribution is 5.56. The van der Waals surface area contributed by atoms with E-state index in [2.05, 4.69) is 47.1 Å². The molecular weight excluding hydrogens is 808 g/mol. The van der Waals surface area contributed by atoms with Crippen LogP contribution >= 0.6 is 0 Å². The second kappa shape index (κ2) is 18.7. The number of aromatic nitrogens is 9. The fourth-order valence-electron chi connectivity index (χ4n) is 7.65. The first kappa shape index (κ1) is 44.5. The van der Waals surface area contributed by atoms with Gasteiger partial charge in [0.25, 0.3) is 16.7 Å². The van der Waals surface area contributed by atoms with Gasteiger partial charge in [0.2, 0.25) is 17.5 Å². The monoisotopic (exact) mass is 859 g/mol. The largest absolute Gasteiger partial charge is 0.401 e. The highest BCUT2D eigenvalue weighted by atomic mass is 19.4. The molecule has 61 heavy (non-hydrogen) atoms. The maximum Gasteiger partial charge on any atom is 0.401 e. The average molecular weight is 860 g/mol. The number of fused-ring (bicyclic) bond motifs is 1. The summed E-state index contributed by atoms with van der Waals surface area (Å²) in [6, 6.07) is 8.08. The maximum atomic E-state index is 14.0. The molecule has 0 aliphatic carbocycles. The van der Waals surface area contributed by atoms with Gasteiger partial charge in [-0.15, -0.1) is 15.3 Å². The first-order chi connectivity index (χ1) is 28.9. The number of hydrogen-bond donors (Lipinski definition) is 3. The number of likely N-dealkylation sites (tertiary alicyclic amines) is 1. The molecule has 0 bridgehead atoms. The van der Waals surface area contributed by atoms with Crippen molar-refractivity contribution in [1.82, 2.24) is 52.8 Å². The van der Waals surface area contributed by atoms with Gasteiger partial charge in [-0.3, -0.25) is 33.0 Å². The molecule has 1 aromatic carbocycles. The molecule has 5 heterocycles. The molecule has 0 amide bonds. The van der Waals surface area contributed by atoms with Crippen LogP contribution in [0, 0.1) is 0 Å². The molecule has 24 heteroatoms. The Morgan fingerprint density at radius 2 is 1.31 bits per heavy atom. The van der Waals surface area contributed by atoms with Gasteiger partial charge in [0.05, 0.1) is 32.7 Å². The Morgan fingerprint density at radius 3 is 1.95 bits per heavy atom. The van der Waals surface area contributed by atoms with E-state index in [1.54, 1.807) is 0 Å². The van der Waals surface area contributed by atoms with Gasteiger partial charge >= 0.3 is 23.2 Å². The van der Waals surface area contributed by atoms with Crippen molar-refractivity contribution in [2.24, 2.45) is 14.1 Å². The van der Waals surface area contributed by atoms with E-state index in [1.165, 1.54) is 26.7 Å². The Balaban J connectivity index is 1.27. The summed E-state index contributed by atoms with van der Waals surface area (Å²) in [5, 5.41) is 21.4. The fraction of sp³-hybridized carbons (Fsp3) is 0.595. The van der Waals surface area contributed by atoms with Gasteiger partial charge < -0.3 is 25.8 Å². The molecule has 0 spiro atoms. The van der Waals surface area contributed by atoms with Crippen LogP contribution in [0.1, 0.15) is 24.8 Å². The molecule has 0 saturated carbocycles. The molecule has 1 saturated heterocycles. The van der Waals surface area contributed by atoms with Crippen LogP contribution in [-0.2, 0) is 46.7 Å². The Bertz CT molecular complexity index is 2580. The van der Waals surface area contributed by atoms with Crippen LogP contribution in [0.4, 0.5) is 36.3 Å². The Labute approximate surface area is 346 Å². The molecule has 2 aliphatic heterocycles. The summed E-state index contributed by atoms with van der Waals surface area (Å²) >= 11 is 0. The summed E-state index contributed by atoms with van der Waals surface area (Å²) in [6.45, 7) is -1.20. The number of halogens is 3. The van der Waals surface area contributed by atoms with E-state index >= 15 is 0 Å². The number of benzene rings is 1. The van der Waals surface area contributed by atoms with Crippen molar-refractivity contribution in [3.63, 3.8) is 0 Å². The smallest absolute Gasteiger partial charge is 0.370 e. The van der Waals surface area contributed by atoms with Gasteiger partial charge in [0.15, 0.2) is 0 Å². The molecule has 332 valence electrons. The lowest BCUT2D eigenvalue weighted by Crippen LogP contribution is -2.48. The van der Waals surface area contributed by atoms with Crippen LogP contribution in [-0.4, -0.2) is 132 Å². The van der Waals surface area contributed by atoms with E-state index in [9.17, 15) is 41.9 Å². The summed E-state index contributed by atoms with van der Waals surface area (Å²) in [5.74, 6) is -0.558. The number of alkyl halides is 3. The highest BCUT2D eigenvalue weighted by Gasteiger charge is 2.29. The van der Waals surface area contributed by atoms with Crippen LogP contribution in [0.15, 0.2) is 53.0 Å². The van der Waals surface area contributed by atoms with Crippen LogP contribution in [0.3, 0.4) is 0 Å². The van der Waals surface area contributed by atoms with Gasteiger partial charge in [0.1, 0.15) is 0 Å². The van der Waals surface area contributed by atoms with Crippen molar-refractivity contribution in [1.29, 1.82) is 0 Å². The molecule has 3 aromatic heterocycles. The van der Waals surface area contributed by atoms with Crippen molar-refractivity contribution in [2.75, 3.05) is 81.3 Å². The number of rotatable bonds is 17. The van der Waals surface area contributed by atoms with Gasteiger partial charge in [-0.1, -0.05) is 18.2 Å². The normalized spacial score (nSPS) is 16.9. The Hall–Kier alpha value is -6.04. The lowest BCUT2D eigenvalue weighted by molar-refractivity contribution is -0.142. The van der Waals surface area contributed by atoms with E-state index in [0.29, 0.717) is 6.54 Å². The predicted molar refractivity (Wildman–Crippen MR) is 222 cm³/mol. The van der Waals surface area contributed by atoms with Crippen LogP contribution < -0.4 is 54.6 Å². The Kier molecular flexibility index (Phi) is 13.6. The second-order valence-electron chi connectivity index (χ2n) is 15.5. The van der Waals surface area contributed by atoms with Crippen molar-refractivity contribution in [2.45, 2.75) is 70.1 Å².